The number of aryl methyl sites for hydroxylation is 1. The highest BCUT2D eigenvalue weighted by molar-refractivity contribution is 7.07. The molecule has 3 heteroatoms. The first kappa shape index (κ1) is 12.0. The number of Topliss-reactive ketones (excluding diaryl/α,β-unsaturated/α-hetero) is 1. The summed E-state index contributed by atoms with van der Waals surface area (Å²) in [5.74, 6) is -0.123. The van der Waals surface area contributed by atoms with E-state index in [1.807, 2.05) is 35.0 Å². The second-order valence-corrected chi connectivity index (χ2v) is 4.69. The quantitative estimate of drug-likeness (QED) is 0.880. The van der Waals surface area contributed by atoms with Gasteiger partial charge in [0.2, 0.25) is 0 Å². The first-order valence-corrected chi connectivity index (χ1v) is 6.48. The Morgan fingerprint density at radius 1 is 1.24 bits per heavy atom. The summed E-state index contributed by atoms with van der Waals surface area (Å²) in [5, 5.41) is 13.9. The Bertz CT molecular complexity index is 462. The topological polar surface area (TPSA) is 37.3 Å². The van der Waals surface area contributed by atoms with E-state index in [0.717, 1.165) is 5.56 Å². The molecular formula is C14H14O2S. The molecule has 0 fully saturated rings. The molecule has 0 aliphatic heterocycles. The van der Waals surface area contributed by atoms with Gasteiger partial charge in [0.15, 0.2) is 5.78 Å². The maximum absolute atomic E-state index is 11.8. The van der Waals surface area contributed by atoms with E-state index in [1.54, 1.807) is 23.5 Å². The van der Waals surface area contributed by atoms with Gasteiger partial charge in [-0.3, -0.25) is 4.79 Å². The number of ketones is 1. The van der Waals surface area contributed by atoms with Crippen LogP contribution in [0.25, 0.3) is 0 Å². The van der Waals surface area contributed by atoms with Crippen molar-refractivity contribution in [3.05, 3.63) is 58.3 Å². The van der Waals surface area contributed by atoms with Gasteiger partial charge in [-0.2, -0.15) is 11.3 Å². The zero-order valence-corrected chi connectivity index (χ0v) is 10.2. The number of benzene rings is 1. The minimum absolute atomic E-state index is 0.123. The van der Waals surface area contributed by atoms with Crippen LogP contribution in [0.4, 0.5) is 0 Å². The second kappa shape index (κ2) is 5.75. The molecule has 0 amide bonds. The van der Waals surface area contributed by atoms with Gasteiger partial charge in [0.25, 0.3) is 0 Å². The number of rotatable bonds is 5. The molecule has 0 radical (unpaired) electrons. The Kier molecular flexibility index (Phi) is 4.07. The molecule has 0 spiro atoms. The van der Waals surface area contributed by atoms with Crippen LogP contribution in [-0.2, 0) is 11.2 Å². The lowest BCUT2D eigenvalue weighted by molar-refractivity contribution is -0.127. The molecule has 0 saturated heterocycles. The van der Waals surface area contributed by atoms with Crippen LogP contribution < -0.4 is 0 Å². The van der Waals surface area contributed by atoms with Crippen molar-refractivity contribution in [3.63, 3.8) is 0 Å². The third-order valence-electron chi connectivity index (χ3n) is 2.66. The molecule has 0 aliphatic rings. The van der Waals surface area contributed by atoms with Crippen LogP contribution in [-0.4, -0.2) is 10.9 Å². The Morgan fingerprint density at radius 3 is 2.65 bits per heavy atom. The van der Waals surface area contributed by atoms with Crippen molar-refractivity contribution >= 4 is 17.1 Å². The lowest BCUT2D eigenvalue weighted by atomic mass is 10.0. The summed E-state index contributed by atoms with van der Waals surface area (Å²) >= 11 is 1.62. The van der Waals surface area contributed by atoms with Gasteiger partial charge in [0, 0.05) is 6.42 Å². The van der Waals surface area contributed by atoms with Crippen molar-refractivity contribution < 1.29 is 9.90 Å². The van der Waals surface area contributed by atoms with E-state index in [0.29, 0.717) is 18.4 Å². The summed E-state index contributed by atoms with van der Waals surface area (Å²) in [6.07, 6.45) is 0.0915. The van der Waals surface area contributed by atoms with E-state index in [4.69, 9.17) is 0 Å². The number of aliphatic hydroxyl groups is 1. The van der Waals surface area contributed by atoms with E-state index in [1.165, 1.54) is 0 Å². The van der Waals surface area contributed by atoms with Crippen molar-refractivity contribution in [2.24, 2.45) is 0 Å². The molecule has 0 aliphatic carbocycles. The summed E-state index contributed by atoms with van der Waals surface area (Å²) in [7, 11) is 0. The molecule has 17 heavy (non-hydrogen) atoms. The van der Waals surface area contributed by atoms with Gasteiger partial charge < -0.3 is 5.11 Å². The van der Waals surface area contributed by atoms with Crippen molar-refractivity contribution in [2.45, 2.75) is 18.9 Å². The molecule has 1 aromatic carbocycles. The van der Waals surface area contributed by atoms with E-state index in [-0.39, 0.29) is 5.78 Å². The Morgan fingerprint density at radius 2 is 2.00 bits per heavy atom. The first-order chi connectivity index (χ1) is 8.27. The van der Waals surface area contributed by atoms with Crippen molar-refractivity contribution in [1.82, 2.24) is 0 Å². The lowest BCUT2D eigenvalue weighted by Gasteiger charge is -2.09. The summed E-state index contributed by atoms with van der Waals surface area (Å²) in [5.41, 5.74) is 1.83. The number of hydrogen-bond donors (Lipinski definition) is 1. The zero-order chi connectivity index (χ0) is 12.1. The van der Waals surface area contributed by atoms with E-state index in [9.17, 15) is 9.90 Å². The molecule has 1 heterocycles. The molecule has 88 valence electrons. The third-order valence-corrected chi connectivity index (χ3v) is 3.39. The fourth-order valence-corrected chi connectivity index (χ4v) is 2.36. The van der Waals surface area contributed by atoms with Gasteiger partial charge >= 0.3 is 0 Å². The van der Waals surface area contributed by atoms with Crippen LogP contribution in [0.5, 0.6) is 0 Å². The predicted molar refractivity (Wildman–Crippen MR) is 69.0 cm³/mol. The first-order valence-electron chi connectivity index (χ1n) is 5.54. The van der Waals surface area contributed by atoms with Crippen LogP contribution in [0, 0.1) is 0 Å². The molecular weight excluding hydrogens is 232 g/mol. The molecule has 0 bridgehead atoms. The van der Waals surface area contributed by atoms with Gasteiger partial charge in [-0.25, -0.2) is 0 Å². The van der Waals surface area contributed by atoms with Gasteiger partial charge in [-0.15, -0.1) is 0 Å². The van der Waals surface area contributed by atoms with Crippen LogP contribution >= 0.6 is 11.3 Å². The SMILES string of the molecule is O=C(CCc1ccsc1)C(O)c1ccccc1. The molecule has 1 unspecified atom stereocenters. The summed E-state index contributed by atoms with van der Waals surface area (Å²) in [6.45, 7) is 0. The number of hydrogen-bond acceptors (Lipinski definition) is 3. The largest absolute Gasteiger partial charge is 0.381 e. The average Bonchev–Trinajstić information content (AvgIpc) is 2.89. The fourth-order valence-electron chi connectivity index (χ4n) is 1.66. The number of thiophene rings is 1. The summed E-state index contributed by atoms with van der Waals surface area (Å²) in [4.78, 5) is 11.8. The number of carbonyl (C=O) groups excluding carboxylic acids is 1. The Hall–Kier alpha value is -1.45. The number of aliphatic hydroxyl groups excluding tert-OH is 1. The maximum atomic E-state index is 11.8. The minimum Gasteiger partial charge on any atom is -0.381 e. The standard InChI is InChI=1S/C14H14O2S/c15-13(7-6-11-8-9-17-10-11)14(16)12-4-2-1-3-5-12/h1-5,8-10,14,16H,6-7H2. The molecule has 2 rings (SSSR count). The van der Waals surface area contributed by atoms with Crippen molar-refractivity contribution in [1.29, 1.82) is 0 Å². The highest BCUT2D eigenvalue weighted by atomic mass is 32.1. The molecule has 0 saturated carbocycles. The summed E-state index contributed by atoms with van der Waals surface area (Å²) in [6, 6.07) is 11.1. The molecule has 1 N–H and O–H groups in total. The normalized spacial score (nSPS) is 12.3. The van der Waals surface area contributed by atoms with Crippen LogP contribution in [0.15, 0.2) is 47.2 Å². The highest BCUT2D eigenvalue weighted by Gasteiger charge is 2.16. The Balaban J connectivity index is 1.92. The smallest absolute Gasteiger partial charge is 0.166 e. The lowest BCUT2D eigenvalue weighted by Crippen LogP contribution is -2.12. The third kappa shape index (κ3) is 3.25. The van der Waals surface area contributed by atoms with Gasteiger partial charge in [-0.05, 0) is 34.4 Å². The van der Waals surface area contributed by atoms with Gasteiger partial charge in [0.1, 0.15) is 6.10 Å². The van der Waals surface area contributed by atoms with Gasteiger partial charge in [0.05, 0.1) is 0 Å². The van der Waals surface area contributed by atoms with Crippen LogP contribution in [0.2, 0.25) is 0 Å². The van der Waals surface area contributed by atoms with Crippen LogP contribution in [0.3, 0.4) is 0 Å². The monoisotopic (exact) mass is 246 g/mol. The van der Waals surface area contributed by atoms with E-state index < -0.39 is 6.10 Å². The molecule has 1 aromatic heterocycles. The van der Waals surface area contributed by atoms with Gasteiger partial charge in [-0.1, -0.05) is 30.3 Å². The number of carbonyl (C=O) groups is 1. The fraction of sp³-hybridized carbons (Fsp3) is 0.214. The minimum atomic E-state index is -0.991. The average molecular weight is 246 g/mol. The highest BCUT2D eigenvalue weighted by Crippen LogP contribution is 2.17. The molecule has 1 atom stereocenters. The maximum Gasteiger partial charge on any atom is 0.166 e. The molecule has 2 nitrogen and oxygen atoms in total. The van der Waals surface area contributed by atoms with E-state index in [2.05, 4.69) is 0 Å². The molecule has 2 aromatic rings. The summed E-state index contributed by atoms with van der Waals surface area (Å²) < 4.78 is 0. The van der Waals surface area contributed by atoms with Crippen molar-refractivity contribution in [2.75, 3.05) is 0 Å². The Labute approximate surface area is 105 Å². The zero-order valence-electron chi connectivity index (χ0n) is 9.37. The predicted octanol–water partition coefficient (Wildman–Crippen LogP) is 2.98. The van der Waals surface area contributed by atoms with Crippen LogP contribution in [0.1, 0.15) is 23.7 Å². The van der Waals surface area contributed by atoms with Crippen molar-refractivity contribution in [3.8, 4) is 0 Å². The second-order valence-electron chi connectivity index (χ2n) is 3.91. The van der Waals surface area contributed by atoms with E-state index >= 15 is 0 Å².